The monoisotopic (exact) mass is 324 g/mol. The van der Waals surface area contributed by atoms with Gasteiger partial charge in [-0.05, 0) is 31.5 Å². The molecular formula is C15H17FN2O5. The van der Waals surface area contributed by atoms with Crippen LogP contribution in [0.3, 0.4) is 0 Å². The summed E-state index contributed by atoms with van der Waals surface area (Å²) in [6, 6.07) is 2.85. The zero-order chi connectivity index (χ0) is 17.2. The molecule has 1 aromatic carbocycles. The Balaban J connectivity index is 2.12. The molecule has 1 fully saturated rings. The van der Waals surface area contributed by atoms with Crippen molar-refractivity contribution in [1.82, 2.24) is 4.90 Å². The van der Waals surface area contributed by atoms with E-state index in [2.05, 4.69) is 10.1 Å². The average molecular weight is 324 g/mol. The molecule has 2 rings (SSSR count). The largest absolute Gasteiger partial charge is 0.481 e. The van der Waals surface area contributed by atoms with Crippen LogP contribution in [0.15, 0.2) is 18.2 Å². The van der Waals surface area contributed by atoms with Gasteiger partial charge in [-0.15, -0.1) is 0 Å². The highest BCUT2D eigenvalue weighted by Crippen LogP contribution is 2.30. The molecule has 1 saturated heterocycles. The smallest absolute Gasteiger partial charge is 0.337 e. The van der Waals surface area contributed by atoms with Crippen LogP contribution in [0.4, 0.5) is 14.9 Å². The second-order valence-corrected chi connectivity index (χ2v) is 5.65. The Labute approximate surface area is 132 Å². The number of amides is 2. The fraction of sp³-hybridized carbons (Fsp3) is 0.400. The zero-order valence-electron chi connectivity index (χ0n) is 12.8. The van der Waals surface area contributed by atoms with Gasteiger partial charge in [0.2, 0.25) is 0 Å². The lowest BCUT2D eigenvalue weighted by atomic mass is 9.90. The fourth-order valence-electron chi connectivity index (χ4n) is 2.37. The number of carboxylic acid groups (broad SMARTS) is 1. The number of aliphatic carboxylic acids is 1. The summed E-state index contributed by atoms with van der Waals surface area (Å²) in [6.45, 7) is 1.85. The summed E-state index contributed by atoms with van der Waals surface area (Å²) < 4.78 is 18.3. The number of nitrogens with one attached hydrogen (secondary N) is 1. The van der Waals surface area contributed by atoms with Crippen molar-refractivity contribution in [3.63, 3.8) is 0 Å². The number of esters is 1. The molecule has 0 spiro atoms. The van der Waals surface area contributed by atoms with E-state index in [4.69, 9.17) is 5.11 Å². The van der Waals surface area contributed by atoms with Crippen molar-refractivity contribution in [2.75, 3.05) is 25.5 Å². The highest BCUT2D eigenvalue weighted by atomic mass is 19.1. The quantitative estimate of drug-likeness (QED) is 0.828. The highest BCUT2D eigenvalue weighted by Gasteiger charge is 2.42. The number of methoxy groups -OCH3 is 1. The number of ether oxygens (including phenoxy) is 1. The number of rotatable bonds is 3. The van der Waals surface area contributed by atoms with Gasteiger partial charge in [-0.1, -0.05) is 0 Å². The first-order valence-corrected chi connectivity index (χ1v) is 6.94. The van der Waals surface area contributed by atoms with E-state index in [1.807, 2.05) is 0 Å². The van der Waals surface area contributed by atoms with Gasteiger partial charge in [0.05, 0.1) is 23.8 Å². The van der Waals surface area contributed by atoms with Gasteiger partial charge in [0.15, 0.2) is 0 Å². The first kappa shape index (κ1) is 16.7. The van der Waals surface area contributed by atoms with E-state index in [9.17, 15) is 18.8 Å². The Morgan fingerprint density at radius 2 is 2.09 bits per heavy atom. The van der Waals surface area contributed by atoms with Gasteiger partial charge in [0.1, 0.15) is 5.82 Å². The van der Waals surface area contributed by atoms with E-state index in [-0.39, 0.29) is 24.3 Å². The predicted octanol–water partition coefficient (Wildman–Crippen LogP) is 1.94. The summed E-state index contributed by atoms with van der Waals surface area (Å²) in [7, 11) is 1.20. The van der Waals surface area contributed by atoms with Crippen LogP contribution in [0.5, 0.6) is 0 Å². The molecule has 0 aromatic heterocycles. The molecule has 0 saturated carbocycles. The topological polar surface area (TPSA) is 95.9 Å². The molecule has 0 aliphatic carbocycles. The molecule has 1 aliphatic heterocycles. The summed E-state index contributed by atoms with van der Waals surface area (Å²) in [4.78, 5) is 36.1. The second kappa shape index (κ2) is 6.23. The number of hydrogen-bond donors (Lipinski definition) is 2. The average Bonchev–Trinajstić information content (AvgIpc) is 2.92. The van der Waals surface area contributed by atoms with Gasteiger partial charge in [-0.3, -0.25) is 4.79 Å². The van der Waals surface area contributed by atoms with E-state index >= 15 is 0 Å². The Morgan fingerprint density at radius 3 is 2.65 bits per heavy atom. The standard InChI is InChI=1S/C15H17FN2O5/c1-15(13(20)21)5-6-18(8-15)14(22)17-11-7-9(12(19)23-2)3-4-10(11)16/h3-4,7H,5-6,8H2,1-2H3,(H,17,22)(H,20,21). The number of carbonyl (C=O) groups is 3. The lowest BCUT2D eigenvalue weighted by Gasteiger charge is -2.20. The lowest BCUT2D eigenvalue weighted by Crippen LogP contribution is -2.37. The Morgan fingerprint density at radius 1 is 1.39 bits per heavy atom. The molecular weight excluding hydrogens is 307 g/mol. The van der Waals surface area contributed by atoms with Crippen LogP contribution in [0.1, 0.15) is 23.7 Å². The van der Waals surface area contributed by atoms with Crippen LogP contribution >= 0.6 is 0 Å². The molecule has 0 bridgehead atoms. The van der Waals surface area contributed by atoms with Crippen molar-refractivity contribution in [3.05, 3.63) is 29.6 Å². The minimum absolute atomic E-state index is 0.0342. The number of benzene rings is 1. The SMILES string of the molecule is COC(=O)c1ccc(F)c(NC(=O)N2CCC(C)(C(=O)O)C2)c1. The van der Waals surface area contributed by atoms with Crippen LogP contribution in [0, 0.1) is 11.2 Å². The van der Waals surface area contributed by atoms with Crippen LogP contribution in [0.25, 0.3) is 0 Å². The van der Waals surface area contributed by atoms with E-state index in [0.29, 0.717) is 6.42 Å². The molecule has 124 valence electrons. The van der Waals surface area contributed by atoms with E-state index in [1.165, 1.54) is 24.1 Å². The number of urea groups is 1. The number of hydrogen-bond acceptors (Lipinski definition) is 4. The Bertz CT molecular complexity index is 663. The van der Waals surface area contributed by atoms with Crippen molar-refractivity contribution in [1.29, 1.82) is 0 Å². The van der Waals surface area contributed by atoms with Gasteiger partial charge >= 0.3 is 18.0 Å². The molecule has 2 N–H and O–H groups in total. The van der Waals surface area contributed by atoms with E-state index < -0.39 is 29.2 Å². The minimum Gasteiger partial charge on any atom is -0.481 e. The number of likely N-dealkylation sites (tertiary alicyclic amines) is 1. The van der Waals surface area contributed by atoms with Crippen LogP contribution in [-0.4, -0.2) is 48.2 Å². The van der Waals surface area contributed by atoms with Gasteiger partial charge < -0.3 is 20.1 Å². The van der Waals surface area contributed by atoms with Gasteiger partial charge in [-0.25, -0.2) is 14.0 Å². The number of halogens is 1. The first-order chi connectivity index (χ1) is 10.8. The third kappa shape index (κ3) is 3.41. The third-order valence-corrected chi connectivity index (χ3v) is 3.91. The number of anilines is 1. The molecule has 2 amide bonds. The zero-order valence-corrected chi connectivity index (χ0v) is 12.8. The summed E-state index contributed by atoms with van der Waals surface area (Å²) in [6.07, 6.45) is 0.320. The van der Waals surface area contributed by atoms with Gasteiger partial charge in [0.25, 0.3) is 0 Å². The molecule has 0 radical (unpaired) electrons. The van der Waals surface area contributed by atoms with Crippen molar-refractivity contribution >= 4 is 23.7 Å². The number of nitrogens with zero attached hydrogens (tertiary/aromatic N) is 1. The fourth-order valence-corrected chi connectivity index (χ4v) is 2.37. The summed E-state index contributed by atoms with van der Waals surface area (Å²) >= 11 is 0. The van der Waals surface area contributed by atoms with Gasteiger partial charge in [-0.2, -0.15) is 0 Å². The minimum atomic E-state index is -1.01. The molecule has 8 heteroatoms. The van der Waals surface area contributed by atoms with E-state index in [1.54, 1.807) is 6.92 Å². The molecule has 1 aromatic rings. The molecule has 1 aliphatic rings. The second-order valence-electron chi connectivity index (χ2n) is 5.65. The first-order valence-electron chi connectivity index (χ1n) is 6.94. The summed E-state index contributed by atoms with van der Waals surface area (Å²) in [5.41, 5.74) is -1.08. The predicted molar refractivity (Wildman–Crippen MR) is 78.7 cm³/mol. The molecule has 1 unspecified atom stereocenters. The normalized spacial score (nSPS) is 20.2. The van der Waals surface area contributed by atoms with Gasteiger partial charge in [0, 0.05) is 13.1 Å². The van der Waals surface area contributed by atoms with Crippen molar-refractivity contribution < 1.29 is 28.6 Å². The van der Waals surface area contributed by atoms with Crippen LogP contribution in [0.2, 0.25) is 0 Å². The van der Waals surface area contributed by atoms with Crippen LogP contribution in [-0.2, 0) is 9.53 Å². The number of carboxylic acids is 1. The maximum Gasteiger partial charge on any atom is 0.337 e. The van der Waals surface area contributed by atoms with Crippen LogP contribution < -0.4 is 5.32 Å². The Hall–Kier alpha value is -2.64. The van der Waals surface area contributed by atoms with Crippen molar-refractivity contribution in [2.45, 2.75) is 13.3 Å². The maximum absolute atomic E-state index is 13.8. The van der Waals surface area contributed by atoms with Crippen molar-refractivity contribution in [3.8, 4) is 0 Å². The molecule has 1 atom stereocenters. The summed E-state index contributed by atoms with van der Waals surface area (Å²) in [5.74, 6) is -2.34. The number of carbonyl (C=O) groups excluding carboxylic acids is 2. The third-order valence-electron chi connectivity index (χ3n) is 3.91. The lowest BCUT2D eigenvalue weighted by molar-refractivity contribution is -0.146. The molecule has 23 heavy (non-hydrogen) atoms. The summed E-state index contributed by atoms with van der Waals surface area (Å²) in [5, 5.41) is 11.5. The molecule has 7 nitrogen and oxygen atoms in total. The molecule has 1 heterocycles. The van der Waals surface area contributed by atoms with E-state index in [0.717, 1.165) is 6.07 Å². The maximum atomic E-state index is 13.8. The Kier molecular flexibility index (Phi) is 4.53. The van der Waals surface area contributed by atoms with Crippen molar-refractivity contribution in [2.24, 2.45) is 5.41 Å². The highest BCUT2D eigenvalue weighted by molar-refractivity contribution is 5.94.